The van der Waals surface area contributed by atoms with Crippen LogP contribution in [0.1, 0.15) is 39.0 Å². The number of ether oxygens (including phenoxy) is 1. The van der Waals surface area contributed by atoms with Gasteiger partial charge in [-0.15, -0.1) is 0 Å². The van der Waals surface area contributed by atoms with E-state index in [2.05, 4.69) is 21.2 Å². The smallest absolute Gasteiger partial charge is 0.222 e. The van der Waals surface area contributed by atoms with Gasteiger partial charge in [0.2, 0.25) is 11.8 Å². The van der Waals surface area contributed by atoms with Gasteiger partial charge in [-0.2, -0.15) is 0 Å². The van der Waals surface area contributed by atoms with Gasteiger partial charge in [-0.25, -0.2) is 0 Å². The first-order chi connectivity index (χ1) is 11.6. The number of hydrogen-bond acceptors (Lipinski definition) is 3. The monoisotopic (exact) mass is 396 g/mol. The predicted octanol–water partition coefficient (Wildman–Crippen LogP) is 3.13. The van der Waals surface area contributed by atoms with Gasteiger partial charge in [-0.3, -0.25) is 9.59 Å². The number of rotatable bonds is 7. The lowest BCUT2D eigenvalue weighted by molar-refractivity contribution is -0.133. The Bertz CT molecular complexity index is 565. The molecule has 0 bridgehead atoms. The second-order valence-electron chi connectivity index (χ2n) is 5.98. The number of halogens is 1. The molecule has 6 heteroatoms. The average Bonchev–Trinajstić information content (AvgIpc) is 2.60. The summed E-state index contributed by atoms with van der Waals surface area (Å²) in [5.74, 6) is 0.988. The van der Waals surface area contributed by atoms with Crippen LogP contribution in [-0.4, -0.2) is 42.5 Å². The zero-order valence-electron chi connectivity index (χ0n) is 14.1. The van der Waals surface area contributed by atoms with Gasteiger partial charge in [-0.05, 0) is 47.3 Å². The average molecular weight is 397 g/mol. The zero-order valence-corrected chi connectivity index (χ0v) is 15.7. The predicted molar refractivity (Wildman–Crippen MR) is 96.9 cm³/mol. The van der Waals surface area contributed by atoms with Crippen LogP contribution in [0.5, 0.6) is 5.75 Å². The lowest BCUT2D eigenvalue weighted by Crippen LogP contribution is -2.49. The van der Waals surface area contributed by atoms with E-state index in [0.29, 0.717) is 32.4 Å². The number of carbonyl (C=O) groups excluding carboxylic acids is 2. The molecule has 1 fully saturated rings. The van der Waals surface area contributed by atoms with Crippen molar-refractivity contribution >= 4 is 27.7 Å². The van der Waals surface area contributed by atoms with E-state index in [0.717, 1.165) is 29.6 Å². The molecule has 0 saturated carbocycles. The second-order valence-corrected chi connectivity index (χ2v) is 6.84. The van der Waals surface area contributed by atoms with Gasteiger partial charge in [0.1, 0.15) is 5.75 Å². The molecular weight excluding hydrogens is 372 g/mol. The summed E-state index contributed by atoms with van der Waals surface area (Å²) in [5.41, 5.74) is 0. The molecule has 2 rings (SSSR count). The molecule has 1 heterocycles. The van der Waals surface area contributed by atoms with E-state index in [-0.39, 0.29) is 17.9 Å². The Hall–Kier alpha value is -1.56. The van der Waals surface area contributed by atoms with Crippen LogP contribution in [0.25, 0.3) is 0 Å². The molecule has 132 valence electrons. The molecule has 1 aliphatic rings. The highest BCUT2D eigenvalue weighted by Crippen LogP contribution is 2.24. The minimum absolute atomic E-state index is 0.0520. The maximum absolute atomic E-state index is 12.3. The van der Waals surface area contributed by atoms with Crippen molar-refractivity contribution in [1.29, 1.82) is 0 Å². The minimum atomic E-state index is 0.0520. The van der Waals surface area contributed by atoms with Crippen LogP contribution in [-0.2, 0) is 9.59 Å². The molecule has 1 atom stereocenters. The van der Waals surface area contributed by atoms with Crippen molar-refractivity contribution < 1.29 is 14.3 Å². The Morgan fingerprint density at radius 1 is 1.38 bits per heavy atom. The van der Waals surface area contributed by atoms with Gasteiger partial charge in [0, 0.05) is 32.0 Å². The number of likely N-dealkylation sites (tertiary alicyclic amines) is 1. The number of para-hydroxylation sites is 1. The van der Waals surface area contributed by atoms with Gasteiger partial charge in [0.25, 0.3) is 0 Å². The third-order valence-electron chi connectivity index (χ3n) is 4.09. The first-order valence-corrected chi connectivity index (χ1v) is 9.34. The van der Waals surface area contributed by atoms with Crippen molar-refractivity contribution in [3.8, 4) is 5.75 Å². The molecule has 1 aromatic carbocycles. The number of benzene rings is 1. The Balaban J connectivity index is 1.70. The Morgan fingerprint density at radius 2 is 2.17 bits per heavy atom. The van der Waals surface area contributed by atoms with E-state index < -0.39 is 0 Å². The Kier molecular flexibility index (Phi) is 7.56. The molecule has 0 radical (unpaired) electrons. The molecule has 0 aromatic heterocycles. The first-order valence-electron chi connectivity index (χ1n) is 8.54. The van der Waals surface area contributed by atoms with E-state index >= 15 is 0 Å². The fourth-order valence-electron chi connectivity index (χ4n) is 2.78. The fraction of sp³-hybridized carbons (Fsp3) is 0.556. The highest BCUT2D eigenvalue weighted by molar-refractivity contribution is 9.10. The maximum atomic E-state index is 12.3. The van der Waals surface area contributed by atoms with E-state index in [1.54, 1.807) is 0 Å². The van der Waals surface area contributed by atoms with Crippen molar-refractivity contribution in [2.45, 2.75) is 45.1 Å². The fourth-order valence-corrected chi connectivity index (χ4v) is 3.18. The van der Waals surface area contributed by atoms with Gasteiger partial charge in [-0.1, -0.05) is 19.1 Å². The molecule has 24 heavy (non-hydrogen) atoms. The maximum Gasteiger partial charge on any atom is 0.222 e. The summed E-state index contributed by atoms with van der Waals surface area (Å²) in [5, 5.41) is 2.99. The highest BCUT2D eigenvalue weighted by atomic mass is 79.9. The standard InChI is InChI=1S/C18H25BrN2O3/c1-2-17(22)20-14-7-5-11-21(13-14)18(23)10-6-12-24-16-9-4-3-8-15(16)19/h3-4,8-9,14H,2,5-7,10-13H2,1H3,(H,20,22). The van der Waals surface area contributed by atoms with Crippen molar-refractivity contribution in [3.63, 3.8) is 0 Å². The third kappa shape index (κ3) is 5.82. The molecule has 5 nitrogen and oxygen atoms in total. The summed E-state index contributed by atoms with van der Waals surface area (Å²) < 4.78 is 6.61. The summed E-state index contributed by atoms with van der Waals surface area (Å²) in [4.78, 5) is 25.7. The molecule has 1 unspecified atom stereocenters. The summed E-state index contributed by atoms with van der Waals surface area (Å²) in [6, 6.07) is 7.77. The van der Waals surface area contributed by atoms with Crippen molar-refractivity contribution in [3.05, 3.63) is 28.7 Å². The van der Waals surface area contributed by atoms with Gasteiger partial charge >= 0.3 is 0 Å². The van der Waals surface area contributed by atoms with Crippen molar-refractivity contribution in [2.75, 3.05) is 19.7 Å². The largest absolute Gasteiger partial charge is 0.492 e. The van der Waals surface area contributed by atoms with Crippen LogP contribution in [0.4, 0.5) is 0 Å². The van der Waals surface area contributed by atoms with Crippen LogP contribution in [0.15, 0.2) is 28.7 Å². The van der Waals surface area contributed by atoms with Crippen LogP contribution >= 0.6 is 15.9 Å². The van der Waals surface area contributed by atoms with Gasteiger partial charge < -0.3 is 15.0 Å². The molecule has 1 aliphatic heterocycles. The number of carbonyl (C=O) groups is 2. The minimum Gasteiger partial charge on any atom is -0.492 e. The van der Waals surface area contributed by atoms with Crippen LogP contribution in [0.2, 0.25) is 0 Å². The normalized spacial score (nSPS) is 17.4. The Morgan fingerprint density at radius 3 is 2.92 bits per heavy atom. The molecule has 0 spiro atoms. The molecule has 1 saturated heterocycles. The number of amides is 2. The van der Waals surface area contributed by atoms with Crippen LogP contribution in [0.3, 0.4) is 0 Å². The molecule has 0 aliphatic carbocycles. The highest BCUT2D eigenvalue weighted by Gasteiger charge is 2.24. The van der Waals surface area contributed by atoms with Gasteiger partial charge in [0.15, 0.2) is 0 Å². The first kappa shape index (κ1) is 18.8. The third-order valence-corrected chi connectivity index (χ3v) is 4.74. The topological polar surface area (TPSA) is 58.6 Å². The van der Waals surface area contributed by atoms with E-state index in [9.17, 15) is 9.59 Å². The molecule has 2 amide bonds. The molecule has 1 N–H and O–H groups in total. The van der Waals surface area contributed by atoms with Crippen LogP contribution in [0, 0.1) is 0 Å². The van der Waals surface area contributed by atoms with E-state index in [1.165, 1.54) is 0 Å². The molecule has 1 aromatic rings. The summed E-state index contributed by atoms with van der Waals surface area (Å²) in [6.45, 7) is 3.75. The number of nitrogens with zero attached hydrogens (tertiary/aromatic N) is 1. The van der Waals surface area contributed by atoms with Crippen LogP contribution < -0.4 is 10.1 Å². The van der Waals surface area contributed by atoms with E-state index in [1.807, 2.05) is 36.1 Å². The molecular formula is C18H25BrN2O3. The summed E-state index contributed by atoms with van der Waals surface area (Å²) >= 11 is 3.44. The van der Waals surface area contributed by atoms with Gasteiger partial charge in [0.05, 0.1) is 11.1 Å². The van der Waals surface area contributed by atoms with E-state index in [4.69, 9.17) is 4.74 Å². The second kappa shape index (κ2) is 9.67. The number of nitrogens with one attached hydrogen (secondary N) is 1. The summed E-state index contributed by atoms with van der Waals surface area (Å²) in [6.07, 6.45) is 3.52. The SMILES string of the molecule is CCC(=O)NC1CCCN(C(=O)CCCOc2ccccc2Br)C1. The summed E-state index contributed by atoms with van der Waals surface area (Å²) in [7, 11) is 0. The lowest BCUT2D eigenvalue weighted by atomic mass is 10.0. The Labute approximate surface area is 151 Å². The lowest BCUT2D eigenvalue weighted by Gasteiger charge is -2.33. The quantitative estimate of drug-likeness (QED) is 0.720. The number of hydrogen-bond donors (Lipinski definition) is 1. The van der Waals surface area contributed by atoms with Crippen molar-refractivity contribution in [2.24, 2.45) is 0 Å². The zero-order chi connectivity index (χ0) is 17.4. The van der Waals surface area contributed by atoms with Crippen molar-refractivity contribution in [1.82, 2.24) is 10.2 Å². The number of piperidine rings is 1.